The van der Waals surface area contributed by atoms with Crippen LogP contribution in [0.5, 0.6) is 0 Å². The summed E-state index contributed by atoms with van der Waals surface area (Å²) in [6.07, 6.45) is 1.90. The summed E-state index contributed by atoms with van der Waals surface area (Å²) in [6, 6.07) is 7.41. The fraction of sp³-hybridized carbons (Fsp3) is 0.333. The molecular formula is C15H17N3O. The van der Waals surface area contributed by atoms with Crippen LogP contribution in [0.15, 0.2) is 30.5 Å². The van der Waals surface area contributed by atoms with E-state index in [1.54, 1.807) is 6.20 Å². The van der Waals surface area contributed by atoms with Crippen molar-refractivity contribution in [3.8, 4) is 0 Å². The van der Waals surface area contributed by atoms with E-state index in [1.807, 2.05) is 31.2 Å². The van der Waals surface area contributed by atoms with Gasteiger partial charge in [0, 0.05) is 17.5 Å². The number of aromatic nitrogens is 3. The molecule has 0 atom stereocenters. The van der Waals surface area contributed by atoms with Crippen molar-refractivity contribution in [3.05, 3.63) is 53.1 Å². The average Bonchev–Trinajstić information content (AvgIpc) is 2.41. The van der Waals surface area contributed by atoms with Gasteiger partial charge < -0.3 is 0 Å². The summed E-state index contributed by atoms with van der Waals surface area (Å²) in [7, 11) is 0. The number of hydrogen-bond acceptors (Lipinski definition) is 4. The lowest BCUT2D eigenvalue weighted by Gasteiger charge is -2.05. The van der Waals surface area contributed by atoms with Crippen molar-refractivity contribution in [2.24, 2.45) is 0 Å². The van der Waals surface area contributed by atoms with Gasteiger partial charge in [-0.2, -0.15) is 10.2 Å². The molecule has 0 radical (unpaired) electrons. The van der Waals surface area contributed by atoms with Crippen molar-refractivity contribution in [1.82, 2.24) is 15.2 Å². The van der Waals surface area contributed by atoms with E-state index in [0.29, 0.717) is 17.2 Å². The van der Waals surface area contributed by atoms with Crippen molar-refractivity contribution in [1.29, 1.82) is 0 Å². The Morgan fingerprint density at radius 2 is 1.95 bits per heavy atom. The van der Waals surface area contributed by atoms with Gasteiger partial charge in [0.15, 0.2) is 5.78 Å². The maximum atomic E-state index is 12.1. The Bertz CT molecular complexity index is 559. The number of nitrogens with zero attached hydrogens (tertiary/aromatic N) is 3. The zero-order valence-corrected chi connectivity index (χ0v) is 11.4. The van der Waals surface area contributed by atoms with Gasteiger partial charge in [-0.1, -0.05) is 13.8 Å². The second-order valence-electron chi connectivity index (χ2n) is 4.89. The maximum absolute atomic E-state index is 12.1. The molecule has 2 aromatic heterocycles. The summed E-state index contributed by atoms with van der Waals surface area (Å²) in [4.78, 5) is 16.4. The molecule has 0 N–H and O–H groups in total. The lowest BCUT2D eigenvalue weighted by atomic mass is 10.1. The molecule has 0 amide bonds. The molecular weight excluding hydrogens is 238 g/mol. The maximum Gasteiger partial charge on any atom is 0.170 e. The minimum absolute atomic E-state index is 0.0148. The normalized spacial score (nSPS) is 10.7. The molecule has 0 bridgehead atoms. The quantitative estimate of drug-likeness (QED) is 0.788. The molecule has 0 spiro atoms. The number of pyridine rings is 1. The van der Waals surface area contributed by atoms with Crippen LogP contribution in [0.3, 0.4) is 0 Å². The molecule has 0 aromatic carbocycles. The molecule has 0 saturated heterocycles. The largest absolute Gasteiger partial charge is 0.294 e. The summed E-state index contributed by atoms with van der Waals surface area (Å²) in [5, 5.41) is 7.94. The number of Topliss-reactive ketones (excluding diaryl/α,β-unsaturated/α-hetero) is 1. The van der Waals surface area contributed by atoms with Gasteiger partial charge in [-0.15, -0.1) is 0 Å². The van der Waals surface area contributed by atoms with E-state index in [0.717, 1.165) is 11.4 Å². The third kappa shape index (κ3) is 3.44. The highest BCUT2D eigenvalue weighted by Gasteiger charge is 2.09. The smallest absolute Gasteiger partial charge is 0.170 e. The van der Waals surface area contributed by atoms with E-state index >= 15 is 0 Å². The van der Waals surface area contributed by atoms with Crippen molar-refractivity contribution in [2.75, 3.05) is 0 Å². The van der Waals surface area contributed by atoms with Crippen LogP contribution in [-0.4, -0.2) is 21.0 Å². The molecule has 0 unspecified atom stereocenters. The number of aryl methyl sites for hydroxylation is 1. The van der Waals surface area contributed by atoms with Crippen LogP contribution in [0.4, 0.5) is 0 Å². The number of hydrogen-bond donors (Lipinski definition) is 0. The summed E-state index contributed by atoms with van der Waals surface area (Å²) in [6.45, 7) is 6.02. The number of rotatable bonds is 4. The van der Waals surface area contributed by atoms with Gasteiger partial charge in [0.1, 0.15) is 0 Å². The summed E-state index contributed by atoms with van der Waals surface area (Å²) in [5.74, 6) is 0.382. The molecule has 2 rings (SSSR count). The Morgan fingerprint density at radius 3 is 2.47 bits per heavy atom. The third-order valence-corrected chi connectivity index (χ3v) is 2.89. The van der Waals surface area contributed by atoms with E-state index in [-0.39, 0.29) is 12.2 Å². The highest BCUT2D eigenvalue weighted by atomic mass is 16.1. The van der Waals surface area contributed by atoms with Crippen LogP contribution < -0.4 is 0 Å². The molecule has 19 heavy (non-hydrogen) atoms. The van der Waals surface area contributed by atoms with Crippen molar-refractivity contribution in [3.63, 3.8) is 0 Å². The van der Waals surface area contributed by atoms with Crippen LogP contribution in [-0.2, 0) is 6.42 Å². The Labute approximate surface area is 112 Å². The Balaban J connectivity index is 2.09. The molecule has 0 aliphatic carbocycles. The van der Waals surface area contributed by atoms with Gasteiger partial charge in [0.2, 0.25) is 0 Å². The second-order valence-corrected chi connectivity index (χ2v) is 4.89. The predicted molar refractivity (Wildman–Crippen MR) is 73.1 cm³/mol. The fourth-order valence-corrected chi connectivity index (χ4v) is 1.70. The fourth-order valence-electron chi connectivity index (χ4n) is 1.70. The Hall–Kier alpha value is -2.10. The molecule has 2 heterocycles. The average molecular weight is 255 g/mol. The lowest BCUT2D eigenvalue weighted by molar-refractivity contribution is 0.0991. The number of carbonyl (C=O) groups is 1. The Morgan fingerprint density at radius 1 is 1.16 bits per heavy atom. The van der Waals surface area contributed by atoms with Crippen molar-refractivity contribution in [2.45, 2.75) is 33.1 Å². The van der Waals surface area contributed by atoms with Gasteiger partial charge in [0.05, 0.1) is 17.8 Å². The SMILES string of the molecule is Cc1ccc(CC(=O)c2ccc(C(C)C)nc2)nn1. The summed E-state index contributed by atoms with van der Waals surface area (Å²) >= 11 is 0. The highest BCUT2D eigenvalue weighted by molar-refractivity contribution is 5.96. The second kappa shape index (κ2) is 5.69. The molecule has 0 aliphatic heterocycles. The van der Waals surface area contributed by atoms with Crippen LogP contribution >= 0.6 is 0 Å². The first kappa shape index (κ1) is 13.3. The lowest BCUT2D eigenvalue weighted by Crippen LogP contribution is -2.07. The topological polar surface area (TPSA) is 55.7 Å². The van der Waals surface area contributed by atoms with Gasteiger partial charge >= 0.3 is 0 Å². The number of ketones is 1. The monoisotopic (exact) mass is 255 g/mol. The van der Waals surface area contributed by atoms with E-state index < -0.39 is 0 Å². The van der Waals surface area contributed by atoms with E-state index in [1.165, 1.54) is 0 Å². The zero-order chi connectivity index (χ0) is 13.8. The highest BCUT2D eigenvalue weighted by Crippen LogP contribution is 2.12. The van der Waals surface area contributed by atoms with Crippen LogP contribution in [0, 0.1) is 6.92 Å². The molecule has 4 nitrogen and oxygen atoms in total. The zero-order valence-electron chi connectivity index (χ0n) is 11.4. The molecule has 0 aliphatic rings. The van der Waals surface area contributed by atoms with Crippen molar-refractivity contribution >= 4 is 5.78 Å². The van der Waals surface area contributed by atoms with Gasteiger partial charge in [-0.3, -0.25) is 9.78 Å². The Kier molecular flexibility index (Phi) is 4.00. The molecule has 98 valence electrons. The molecule has 0 fully saturated rings. The minimum Gasteiger partial charge on any atom is -0.294 e. The summed E-state index contributed by atoms with van der Waals surface area (Å²) < 4.78 is 0. The predicted octanol–water partition coefficient (Wildman–Crippen LogP) is 2.73. The van der Waals surface area contributed by atoms with Gasteiger partial charge in [-0.05, 0) is 37.1 Å². The van der Waals surface area contributed by atoms with E-state index in [2.05, 4.69) is 29.0 Å². The first-order valence-electron chi connectivity index (χ1n) is 6.34. The van der Waals surface area contributed by atoms with E-state index in [9.17, 15) is 4.79 Å². The standard InChI is InChI=1S/C15H17N3O/c1-10(2)14-7-5-12(9-16-14)15(19)8-13-6-4-11(3)17-18-13/h4-7,9-10H,8H2,1-3H3. The molecule has 2 aromatic rings. The summed E-state index contributed by atoms with van der Waals surface area (Å²) in [5.41, 5.74) is 3.14. The van der Waals surface area contributed by atoms with Crippen LogP contribution in [0.25, 0.3) is 0 Å². The van der Waals surface area contributed by atoms with Gasteiger partial charge in [-0.25, -0.2) is 0 Å². The first-order valence-corrected chi connectivity index (χ1v) is 6.34. The van der Waals surface area contributed by atoms with Crippen LogP contribution in [0.1, 0.15) is 47.2 Å². The van der Waals surface area contributed by atoms with Gasteiger partial charge in [0.25, 0.3) is 0 Å². The molecule has 0 saturated carbocycles. The molecule has 4 heteroatoms. The third-order valence-electron chi connectivity index (χ3n) is 2.89. The van der Waals surface area contributed by atoms with E-state index in [4.69, 9.17) is 0 Å². The van der Waals surface area contributed by atoms with Crippen LogP contribution in [0.2, 0.25) is 0 Å². The minimum atomic E-state index is 0.0148. The van der Waals surface area contributed by atoms with Crippen molar-refractivity contribution < 1.29 is 4.79 Å². The first-order chi connectivity index (χ1) is 9.06. The number of carbonyl (C=O) groups excluding carboxylic acids is 1.